The van der Waals surface area contributed by atoms with E-state index in [1.54, 1.807) is 17.4 Å². The van der Waals surface area contributed by atoms with Gasteiger partial charge in [0, 0.05) is 21.2 Å². The number of rotatable bonds is 2. The normalized spacial score (nSPS) is 10.5. The van der Waals surface area contributed by atoms with E-state index < -0.39 is 0 Å². The number of benzene rings is 1. The SMILES string of the molecule is CC(=O)c1cc(C(C)=O)c2ccsc2c1. The lowest BCUT2D eigenvalue weighted by Crippen LogP contribution is -1.98. The van der Waals surface area contributed by atoms with Crippen LogP contribution in [0, 0.1) is 0 Å². The largest absolute Gasteiger partial charge is 0.295 e. The zero-order valence-corrected chi connectivity index (χ0v) is 9.35. The Labute approximate surface area is 91.5 Å². The minimum Gasteiger partial charge on any atom is -0.295 e. The maximum atomic E-state index is 11.4. The number of carbonyl (C=O) groups is 2. The van der Waals surface area contributed by atoms with E-state index in [-0.39, 0.29) is 11.6 Å². The Morgan fingerprint density at radius 2 is 1.87 bits per heavy atom. The molecule has 0 fully saturated rings. The topological polar surface area (TPSA) is 34.1 Å². The summed E-state index contributed by atoms with van der Waals surface area (Å²) < 4.78 is 0.993. The third-order valence-electron chi connectivity index (χ3n) is 2.36. The van der Waals surface area contributed by atoms with Gasteiger partial charge in [-0.3, -0.25) is 9.59 Å². The molecular formula is C12H10O2S. The highest BCUT2D eigenvalue weighted by molar-refractivity contribution is 7.17. The summed E-state index contributed by atoms with van der Waals surface area (Å²) in [4.78, 5) is 22.7. The molecule has 1 heterocycles. The Bertz CT molecular complexity index is 552. The highest BCUT2D eigenvalue weighted by Gasteiger charge is 2.10. The van der Waals surface area contributed by atoms with Gasteiger partial charge in [-0.25, -0.2) is 0 Å². The predicted molar refractivity (Wildman–Crippen MR) is 61.8 cm³/mol. The van der Waals surface area contributed by atoms with Gasteiger partial charge in [-0.15, -0.1) is 11.3 Å². The molecule has 0 bridgehead atoms. The molecule has 2 nitrogen and oxygen atoms in total. The molecule has 2 aromatic rings. The first-order valence-electron chi connectivity index (χ1n) is 4.62. The number of thiophene rings is 1. The van der Waals surface area contributed by atoms with Gasteiger partial charge in [0.1, 0.15) is 0 Å². The minimum atomic E-state index is -0.00667. The van der Waals surface area contributed by atoms with Crippen molar-refractivity contribution in [2.45, 2.75) is 13.8 Å². The van der Waals surface area contributed by atoms with E-state index >= 15 is 0 Å². The molecule has 1 aromatic heterocycles. The average Bonchev–Trinajstić information content (AvgIpc) is 2.62. The Hall–Kier alpha value is -1.48. The Kier molecular flexibility index (Phi) is 2.40. The molecule has 76 valence electrons. The first kappa shape index (κ1) is 10.1. The molecule has 1 aromatic carbocycles. The standard InChI is InChI=1S/C12H10O2S/c1-7(13)9-5-11(8(2)14)10-3-4-15-12(10)6-9/h3-6H,1-2H3. The third-order valence-corrected chi connectivity index (χ3v) is 3.22. The maximum Gasteiger partial charge on any atom is 0.160 e. The van der Waals surface area contributed by atoms with Crippen LogP contribution in [0.25, 0.3) is 10.1 Å². The lowest BCUT2D eigenvalue weighted by atomic mass is 10.0. The summed E-state index contributed by atoms with van der Waals surface area (Å²) >= 11 is 1.55. The van der Waals surface area contributed by atoms with E-state index in [1.165, 1.54) is 13.8 Å². The van der Waals surface area contributed by atoms with Crippen LogP contribution in [-0.4, -0.2) is 11.6 Å². The minimum absolute atomic E-state index is 0.00139. The Morgan fingerprint density at radius 3 is 2.47 bits per heavy atom. The summed E-state index contributed by atoms with van der Waals surface area (Å²) in [6.07, 6.45) is 0. The van der Waals surface area contributed by atoms with Crippen LogP contribution >= 0.6 is 11.3 Å². The van der Waals surface area contributed by atoms with Crippen LogP contribution in [0.2, 0.25) is 0 Å². The van der Waals surface area contributed by atoms with Crippen molar-refractivity contribution in [2.24, 2.45) is 0 Å². The molecule has 0 aliphatic carbocycles. The van der Waals surface area contributed by atoms with Crippen molar-refractivity contribution in [3.05, 3.63) is 34.7 Å². The molecule has 2 rings (SSSR count). The van der Waals surface area contributed by atoms with Crippen LogP contribution in [0.3, 0.4) is 0 Å². The summed E-state index contributed by atoms with van der Waals surface area (Å²) in [6.45, 7) is 3.04. The second kappa shape index (κ2) is 3.59. The van der Waals surface area contributed by atoms with E-state index in [0.717, 1.165) is 10.1 Å². The molecule has 0 saturated heterocycles. The summed E-state index contributed by atoms with van der Waals surface area (Å²) in [5.74, 6) is -0.00528. The third kappa shape index (κ3) is 1.70. The van der Waals surface area contributed by atoms with Crippen LogP contribution in [0.5, 0.6) is 0 Å². The molecule has 0 unspecified atom stereocenters. The van der Waals surface area contributed by atoms with Gasteiger partial charge in [0.25, 0.3) is 0 Å². The molecule has 0 N–H and O–H groups in total. The van der Waals surface area contributed by atoms with Gasteiger partial charge in [-0.05, 0) is 37.4 Å². The zero-order chi connectivity index (χ0) is 11.0. The maximum absolute atomic E-state index is 11.4. The van der Waals surface area contributed by atoms with E-state index in [1.807, 2.05) is 17.5 Å². The van der Waals surface area contributed by atoms with E-state index in [0.29, 0.717) is 11.1 Å². The summed E-state index contributed by atoms with van der Waals surface area (Å²) in [5.41, 5.74) is 1.24. The second-order valence-electron chi connectivity index (χ2n) is 3.47. The smallest absolute Gasteiger partial charge is 0.160 e. The van der Waals surface area contributed by atoms with Gasteiger partial charge in [0.05, 0.1) is 0 Å². The molecule has 0 saturated carbocycles. The van der Waals surface area contributed by atoms with Crippen molar-refractivity contribution in [2.75, 3.05) is 0 Å². The molecule has 0 atom stereocenters. The molecule has 0 aliphatic heterocycles. The quantitative estimate of drug-likeness (QED) is 0.725. The highest BCUT2D eigenvalue weighted by atomic mass is 32.1. The molecule has 0 radical (unpaired) electrons. The lowest BCUT2D eigenvalue weighted by Gasteiger charge is -2.02. The molecule has 15 heavy (non-hydrogen) atoms. The Balaban J connectivity index is 2.80. The Morgan fingerprint density at radius 1 is 1.13 bits per heavy atom. The van der Waals surface area contributed by atoms with Crippen molar-refractivity contribution in [1.82, 2.24) is 0 Å². The van der Waals surface area contributed by atoms with E-state index in [9.17, 15) is 9.59 Å². The number of hydrogen-bond acceptors (Lipinski definition) is 3. The first-order chi connectivity index (χ1) is 7.09. The number of hydrogen-bond donors (Lipinski definition) is 0. The van der Waals surface area contributed by atoms with Gasteiger partial charge >= 0.3 is 0 Å². The van der Waals surface area contributed by atoms with Crippen molar-refractivity contribution in [3.8, 4) is 0 Å². The molecule has 0 aliphatic rings. The number of fused-ring (bicyclic) bond motifs is 1. The molecular weight excluding hydrogens is 208 g/mol. The highest BCUT2D eigenvalue weighted by Crippen LogP contribution is 2.26. The number of ketones is 2. The fourth-order valence-electron chi connectivity index (χ4n) is 1.57. The number of carbonyl (C=O) groups excluding carboxylic acids is 2. The predicted octanol–water partition coefficient (Wildman–Crippen LogP) is 3.31. The molecule has 3 heteroatoms. The lowest BCUT2D eigenvalue weighted by molar-refractivity contribution is 0.101. The van der Waals surface area contributed by atoms with Gasteiger partial charge in [0.2, 0.25) is 0 Å². The molecule has 0 spiro atoms. The van der Waals surface area contributed by atoms with Crippen molar-refractivity contribution in [1.29, 1.82) is 0 Å². The van der Waals surface area contributed by atoms with Crippen LogP contribution in [0.1, 0.15) is 34.6 Å². The monoisotopic (exact) mass is 218 g/mol. The van der Waals surface area contributed by atoms with E-state index in [4.69, 9.17) is 0 Å². The van der Waals surface area contributed by atoms with Crippen molar-refractivity contribution < 1.29 is 9.59 Å². The summed E-state index contributed by atoms with van der Waals surface area (Å²) in [7, 11) is 0. The number of Topliss-reactive ketones (excluding diaryl/α,β-unsaturated/α-hetero) is 2. The van der Waals surface area contributed by atoms with Crippen LogP contribution in [0.15, 0.2) is 23.6 Å². The van der Waals surface area contributed by atoms with Gasteiger partial charge < -0.3 is 0 Å². The van der Waals surface area contributed by atoms with E-state index in [2.05, 4.69) is 0 Å². The fraction of sp³-hybridized carbons (Fsp3) is 0.167. The zero-order valence-electron chi connectivity index (χ0n) is 8.53. The van der Waals surface area contributed by atoms with Crippen molar-refractivity contribution >= 4 is 33.0 Å². The van der Waals surface area contributed by atoms with Crippen molar-refractivity contribution in [3.63, 3.8) is 0 Å². The summed E-state index contributed by atoms with van der Waals surface area (Å²) in [5, 5.41) is 2.87. The fourth-order valence-corrected chi connectivity index (χ4v) is 2.42. The van der Waals surface area contributed by atoms with Crippen LogP contribution < -0.4 is 0 Å². The van der Waals surface area contributed by atoms with Crippen LogP contribution in [0.4, 0.5) is 0 Å². The van der Waals surface area contributed by atoms with Crippen LogP contribution in [-0.2, 0) is 0 Å². The second-order valence-corrected chi connectivity index (χ2v) is 4.42. The summed E-state index contributed by atoms with van der Waals surface area (Å²) in [6, 6.07) is 5.44. The van der Waals surface area contributed by atoms with Gasteiger partial charge in [-0.2, -0.15) is 0 Å². The van der Waals surface area contributed by atoms with Gasteiger partial charge in [0.15, 0.2) is 11.6 Å². The first-order valence-corrected chi connectivity index (χ1v) is 5.50. The molecule has 0 amide bonds. The van der Waals surface area contributed by atoms with Gasteiger partial charge in [-0.1, -0.05) is 0 Å². The average molecular weight is 218 g/mol.